The zero-order chi connectivity index (χ0) is 12.3. The molecule has 0 bridgehead atoms. The van der Waals surface area contributed by atoms with Gasteiger partial charge in [0.15, 0.2) is 0 Å². The zero-order valence-corrected chi connectivity index (χ0v) is 10.5. The summed E-state index contributed by atoms with van der Waals surface area (Å²) >= 11 is 5.76. The van der Waals surface area contributed by atoms with Gasteiger partial charge < -0.3 is 10.6 Å². The van der Waals surface area contributed by atoms with Crippen LogP contribution in [0.5, 0.6) is 0 Å². The largest absolute Gasteiger partial charge is 0.325 e. The maximum atomic E-state index is 12.0. The van der Waals surface area contributed by atoms with Crippen molar-refractivity contribution in [1.29, 1.82) is 0 Å². The van der Waals surface area contributed by atoms with E-state index in [4.69, 9.17) is 11.6 Å². The number of piperidine rings is 1. The molecule has 92 valence electrons. The molecule has 1 aromatic rings. The minimum absolute atomic E-state index is 0.00110. The van der Waals surface area contributed by atoms with Crippen LogP contribution >= 0.6 is 11.6 Å². The average molecular weight is 254 g/mol. The first-order valence-electron chi connectivity index (χ1n) is 5.81. The summed E-state index contributed by atoms with van der Waals surface area (Å²) in [5.41, 5.74) is 0.690. The molecule has 17 heavy (non-hydrogen) atoms. The Bertz CT molecular complexity index is 410. The van der Waals surface area contributed by atoms with Crippen molar-refractivity contribution in [3.8, 4) is 0 Å². The van der Waals surface area contributed by atoms with Crippen molar-refractivity contribution >= 4 is 23.2 Å². The molecule has 0 aliphatic carbocycles. The van der Waals surface area contributed by atoms with E-state index < -0.39 is 0 Å². The minimum Gasteiger partial charge on any atom is -0.325 e. The number of halogens is 1. The van der Waals surface area contributed by atoms with Crippen LogP contribution in [0.1, 0.15) is 19.8 Å². The number of carbonyl (C=O) groups is 1. The average Bonchev–Trinajstić information content (AvgIpc) is 2.29. The Morgan fingerprint density at radius 3 is 3.18 bits per heavy atom. The van der Waals surface area contributed by atoms with Crippen LogP contribution in [-0.4, -0.2) is 23.5 Å². The second-order valence-electron chi connectivity index (χ2n) is 4.49. The first kappa shape index (κ1) is 12.3. The molecule has 1 aromatic heterocycles. The Kier molecular flexibility index (Phi) is 3.97. The lowest BCUT2D eigenvalue weighted by Crippen LogP contribution is -2.45. The number of hydrogen-bond donors (Lipinski definition) is 2. The number of hydrogen-bond acceptors (Lipinski definition) is 3. The molecule has 0 saturated carbocycles. The van der Waals surface area contributed by atoms with Crippen molar-refractivity contribution < 1.29 is 4.79 Å². The molecular formula is C12H16ClN3O. The highest BCUT2D eigenvalue weighted by Gasteiger charge is 2.24. The number of anilines is 1. The molecule has 4 nitrogen and oxygen atoms in total. The van der Waals surface area contributed by atoms with Gasteiger partial charge in [-0.1, -0.05) is 18.5 Å². The Hall–Kier alpha value is -1.13. The smallest absolute Gasteiger partial charge is 0.241 e. The van der Waals surface area contributed by atoms with E-state index in [1.54, 1.807) is 18.3 Å². The van der Waals surface area contributed by atoms with Crippen LogP contribution in [0.4, 0.5) is 5.69 Å². The Labute approximate surface area is 106 Å². The molecule has 2 unspecified atom stereocenters. The van der Waals surface area contributed by atoms with E-state index in [-0.39, 0.29) is 11.9 Å². The van der Waals surface area contributed by atoms with Gasteiger partial charge in [0, 0.05) is 11.9 Å². The molecule has 5 heteroatoms. The topological polar surface area (TPSA) is 54.0 Å². The maximum absolute atomic E-state index is 12.0. The molecule has 0 radical (unpaired) electrons. The van der Waals surface area contributed by atoms with Crippen LogP contribution in [-0.2, 0) is 4.79 Å². The number of nitrogens with zero attached hydrogens (tertiary/aromatic N) is 1. The fraction of sp³-hybridized carbons (Fsp3) is 0.500. The lowest BCUT2D eigenvalue weighted by molar-refractivity contribution is -0.119. The molecule has 2 rings (SSSR count). The van der Waals surface area contributed by atoms with Gasteiger partial charge in [0.25, 0.3) is 0 Å². The number of carbonyl (C=O) groups excluding carboxylic acids is 1. The highest BCUT2D eigenvalue weighted by molar-refractivity contribution is 6.29. The Morgan fingerprint density at radius 2 is 2.47 bits per heavy atom. The summed E-state index contributed by atoms with van der Waals surface area (Å²) in [7, 11) is 0. The third-order valence-corrected chi connectivity index (χ3v) is 3.18. The van der Waals surface area contributed by atoms with E-state index >= 15 is 0 Å². The minimum atomic E-state index is -0.106. The molecule has 1 fully saturated rings. The summed E-state index contributed by atoms with van der Waals surface area (Å²) in [5.74, 6) is 0.590. The quantitative estimate of drug-likeness (QED) is 0.794. The molecule has 2 heterocycles. The molecule has 2 atom stereocenters. The lowest BCUT2D eigenvalue weighted by Gasteiger charge is -2.27. The first-order chi connectivity index (χ1) is 8.15. The van der Waals surface area contributed by atoms with Gasteiger partial charge in [-0.15, -0.1) is 0 Å². The van der Waals surface area contributed by atoms with Gasteiger partial charge in [-0.25, -0.2) is 4.98 Å². The fourth-order valence-corrected chi connectivity index (χ4v) is 2.19. The van der Waals surface area contributed by atoms with Gasteiger partial charge in [0.05, 0.1) is 6.04 Å². The first-order valence-corrected chi connectivity index (χ1v) is 6.19. The molecule has 0 spiro atoms. The van der Waals surface area contributed by atoms with Gasteiger partial charge in [-0.05, 0) is 37.4 Å². The van der Waals surface area contributed by atoms with Gasteiger partial charge in [0.2, 0.25) is 5.91 Å². The van der Waals surface area contributed by atoms with Crippen molar-refractivity contribution in [3.63, 3.8) is 0 Å². The molecule has 1 saturated heterocycles. The van der Waals surface area contributed by atoms with Crippen LogP contribution in [0.2, 0.25) is 5.15 Å². The van der Waals surface area contributed by atoms with Crippen molar-refractivity contribution in [2.45, 2.75) is 25.8 Å². The molecule has 1 aliphatic rings. The molecule has 2 N–H and O–H groups in total. The SMILES string of the molecule is CC1CCNC(C(=O)Nc2ccnc(Cl)c2)C1. The van der Waals surface area contributed by atoms with Crippen LogP contribution in [0.25, 0.3) is 0 Å². The maximum Gasteiger partial charge on any atom is 0.241 e. The number of amides is 1. The van der Waals surface area contributed by atoms with Gasteiger partial charge in [-0.2, -0.15) is 0 Å². The number of rotatable bonds is 2. The zero-order valence-electron chi connectivity index (χ0n) is 9.74. The highest BCUT2D eigenvalue weighted by Crippen LogP contribution is 2.17. The van der Waals surface area contributed by atoms with E-state index in [0.29, 0.717) is 16.8 Å². The third kappa shape index (κ3) is 3.41. The fourth-order valence-electron chi connectivity index (χ4n) is 2.02. The van der Waals surface area contributed by atoms with Gasteiger partial charge in [-0.3, -0.25) is 4.79 Å². The molecule has 1 aliphatic heterocycles. The number of aromatic nitrogens is 1. The van der Waals surface area contributed by atoms with E-state index in [2.05, 4.69) is 22.5 Å². The summed E-state index contributed by atoms with van der Waals surface area (Å²) in [6.45, 7) is 3.07. The van der Waals surface area contributed by atoms with Crippen LogP contribution in [0.3, 0.4) is 0 Å². The summed E-state index contributed by atoms with van der Waals surface area (Å²) < 4.78 is 0. The summed E-state index contributed by atoms with van der Waals surface area (Å²) in [6.07, 6.45) is 3.59. The van der Waals surface area contributed by atoms with E-state index in [1.807, 2.05) is 0 Å². The lowest BCUT2D eigenvalue weighted by atomic mass is 9.94. The van der Waals surface area contributed by atoms with E-state index in [0.717, 1.165) is 19.4 Å². The van der Waals surface area contributed by atoms with Crippen molar-refractivity contribution in [2.24, 2.45) is 5.92 Å². The normalized spacial score (nSPS) is 24.4. The summed E-state index contributed by atoms with van der Waals surface area (Å²) in [5, 5.41) is 6.45. The Morgan fingerprint density at radius 1 is 1.65 bits per heavy atom. The second kappa shape index (κ2) is 5.47. The highest BCUT2D eigenvalue weighted by atomic mass is 35.5. The van der Waals surface area contributed by atoms with Crippen molar-refractivity contribution in [2.75, 3.05) is 11.9 Å². The molecular weight excluding hydrogens is 238 g/mol. The summed E-state index contributed by atoms with van der Waals surface area (Å²) in [6, 6.07) is 3.27. The second-order valence-corrected chi connectivity index (χ2v) is 4.88. The van der Waals surface area contributed by atoms with E-state index in [1.165, 1.54) is 0 Å². The predicted molar refractivity (Wildman–Crippen MR) is 68.1 cm³/mol. The molecule has 0 aromatic carbocycles. The Balaban J connectivity index is 1.96. The molecule has 1 amide bonds. The number of nitrogens with one attached hydrogen (secondary N) is 2. The standard InChI is InChI=1S/C12H16ClN3O/c1-8-2-4-14-10(6-8)12(17)16-9-3-5-15-11(13)7-9/h3,5,7-8,10,14H,2,4,6H2,1H3,(H,15,16,17). The predicted octanol–water partition coefficient (Wildman–Crippen LogP) is 2.06. The van der Waals surface area contributed by atoms with Crippen LogP contribution < -0.4 is 10.6 Å². The van der Waals surface area contributed by atoms with Gasteiger partial charge >= 0.3 is 0 Å². The van der Waals surface area contributed by atoms with Crippen molar-refractivity contribution in [3.05, 3.63) is 23.5 Å². The number of pyridine rings is 1. The van der Waals surface area contributed by atoms with Crippen LogP contribution in [0, 0.1) is 5.92 Å². The summed E-state index contributed by atoms with van der Waals surface area (Å²) in [4.78, 5) is 15.9. The van der Waals surface area contributed by atoms with Crippen molar-refractivity contribution in [1.82, 2.24) is 10.3 Å². The van der Waals surface area contributed by atoms with Crippen LogP contribution in [0.15, 0.2) is 18.3 Å². The third-order valence-electron chi connectivity index (χ3n) is 2.98. The monoisotopic (exact) mass is 253 g/mol. The van der Waals surface area contributed by atoms with Gasteiger partial charge in [0.1, 0.15) is 5.15 Å². The van der Waals surface area contributed by atoms with E-state index in [9.17, 15) is 4.79 Å².